The third-order valence-corrected chi connectivity index (χ3v) is 2.01. The van der Waals surface area contributed by atoms with Crippen LogP contribution in [0.5, 0.6) is 0 Å². The molecule has 90 valence electrons. The number of hydrogen-bond acceptors (Lipinski definition) is 3. The number of aliphatic hydroxyl groups excluding tert-OH is 1. The fourth-order valence-electron chi connectivity index (χ4n) is 1.07. The lowest BCUT2D eigenvalue weighted by molar-refractivity contribution is -0.140. The van der Waals surface area contributed by atoms with Gasteiger partial charge in [0, 0.05) is 6.54 Å². The van der Waals surface area contributed by atoms with Gasteiger partial charge in [-0.05, 0) is 6.42 Å². The Labute approximate surface area is 87.3 Å². The number of aliphatic hydroxyl groups is 1. The molecule has 2 unspecified atom stereocenters. The Morgan fingerprint density at radius 2 is 2.07 bits per heavy atom. The highest BCUT2D eigenvalue weighted by atomic mass is 19.3. The summed E-state index contributed by atoms with van der Waals surface area (Å²) in [6.45, 7) is 1.51. The van der Waals surface area contributed by atoms with E-state index in [9.17, 15) is 13.6 Å². The quantitative estimate of drug-likeness (QED) is 0.572. The van der Waals surface area contributed by atoms with E-state index >= 15 is 0 Å². The van der Waals surface area contributed by atoms with Crippen LogP contribution in [0.2, 0.25) is 0 Å². The molecular formula is C9H17F2NO3. The van der Waals surface area contributed by atoms with E-state index in [4.69, 9.17) is 10.2 Å². The molecule has 0 bridgehead atoms. The number of hydrogen-bond donors (Lipinski definition) is 3. The standard InChI is InChI=1S/C9H17F2NO3/c1-2-3-4-6(9(14)15)12-5-7(13)8(10)11/h6-8,12-13H,2-5H2,1H3,(H,14,15). The maximum Gasteiger partial charge on any atom is 0.320 e. The van der Waals surface area contributed by atoms with Crippen molar-refractivity contribution in [3.8, 4) is 0 Å². The lowest BCUT2D eigenvalue weighted by Gasteiger charge is -2.16. The number of carbonyl (C=O) groups is 1. The van der Waals surface area contributed by atoms with Crippen LogP contribution >= 0.6 is 0 Å². The van der Waals surface area contributed by atoms with Crippen molar-refractivity contribution in [3.05, 3.63) is 0 Å². The van der Waals surface area contributed by atoms with E-state index in [0.29, 0.717) is 12.8 Å². The summed E-state index contributed by atoms with van der Waals surface area (Å²) in [6.07, 6.45) is -2.74. The zero-order chi connectivity index (χ0) is 11.8. The van der Waals surface area contributed by atoms with E-state index in [1.165, 1.54) is 0 Å². The topological polar surface area (TPSA) is 69.6 Å². The fraction of sp³-hybridized carbons (Fsp3) is 0.889. The van der Waals surface area contributed by atoms with Gasteiger partial charge in [-0.25, -0.2) is 8.78 Å². The smallest absolute Gasteiger partial charge is 0.320 e. The van der Waals surface area contributed by atoms with Crippen LogP contribution in [0.1, 0.15) is 26.2 Å². The molecule has 15 heavy (non-hydrogen) atoms. The van der Waals surface area contributed by atoms with E-state index in [0.717, 1.165) is 6.42 Å². The Kier molecular flexibility index (Phi) is 7.15. The first-order chi connectivity index (χ1) is 6.99. The molecule has 0 aromatic rings. The van der Waals surface area contributed by atoms with Gasteiger partial charge in [-0.15, -0.1) is 0 Å². The van der Waals surface area contributed by atoms with E-state index < -0.39 is 31.1 Å². The highest BCUT2D eigenvalue weighted by molar-refractivity contribution is 5.73. The molecule has 0 rings (SSSR count). The fourth-order valence-corrected chi connectivity index (χ4v) is 1.07. The summed E-state index contributed by atoms with van der Waals surface area (Å²) in [7, 11) is 0. The second-order valence-electron chi connectivity index (χ2n) is 3.34. The van der Waals surface area contributed by atoms with Gasteiger partial charge in [-0.3, -0.25) is 4.79 Å². The Hall–Kier alpha value is -0.750. The van der Waals surface area contributed by atoms with Gasteiger partial charge in [0.05, 0.1) is 0 Å². The van der Waals surface area contributed by atoms with Crippen molar-refractivity contribution >= 4 is 5.97 Å². The maximum absolute atomic E-state index is 11.9. The molecule has 0 radical (unpaired) electrons. The summed E-state index contributed by atoms with van der Waals surface area (Å²) in [5.74, 6) is -1.08. The third-order valence-electron chi connectivity index (χ3n) is 2.01. The summed E-state index contributed by atoms with van der Waals surface area (Å²) in [5, 5.41) is 19.9. The molecule has 0 amide bonds. The highest BCUT2D eigenvalue weighted by Crippen LogP contribution is 2.03. The predicted molar refractivity (Wildman–Crippen MR) is 51.0 cm³/mol. The summed E-state index contributed by atoms with van der Waals surface area (Å²) in [5.41, 5.74) is 0. The van der Waals surface area contributed by atoms with Crippen molar-refractivity contribution in [2.45, 2.75) is 44.8 Å². The van der Waals surface area contributed by atoms with Gasteiger partial charge in [-0.2, -0.15) is 0 Å². The molecular weight excluding hydrogens is 208 g/mol. The lowest BCUT2D eigenvalue weighted by Crippen LogP contribution is -2.42. The van der Waals surface area contributed by atoms with Gasteiger partial charge in [0.2, 0.25) is 0 Å². The van der Waals surface area contributed by atoms with Crippen molar-refractivity contribution in [2.24, 2.45) is 0 Å². The van der Waals surface area contributed by atoms with Gasteiger partial charge in [0.15, 0.2) is 0 Å². The van der Waals surface area contributed by atoms with Crippen molar-refractivity contribution in [1.29, 1.82) is 0 Å². The van der Waals surface area contributed by atoms with Crippen molar-refractivity contribution < 1.29 is 23.8 Å². The lowest BCUT2D eigenvalue weighted by atomic mass is 10.1. The molecule has 0 spiro atoms. The van der Waals surface area contributed by atoms with Crippen molar-refractivity contribution in [1.82, 2.24) is 5.32 Å². The maximum atomic E-state index is 11.9. The number of halogens is 2. The molecule has 0 heterocycles. The SMILES string of the molecule is CCCCC(NCC(O)C(F)F)C(=O)O. The van der Waals surface area contributed by atoms with Gasteiger partial charge < -0.3 is 15.5 Å². The number of aliphatic carboxylic acids is 1. The average Bonchev–Trinajstić information content (AvgIpc) is 2.16. The van der Waals surface area contributed by atoms with Crippen molar-refractivity contribution in [3.63, 3.8) is 0 Å². The number of unbranched alkanes of at least 4 members (excludes halogenated alkanes) is 1. The molecule has 0 aromatic carbocycles. The molecule has 6 heteroatoms. The molecule has 0 aliphatic rings. The number of rotatable bonds is 8. The number of carboxylic acids is 1. The van der Waals surface area contributed by atoms with E-state index in [2.05, 4.69) is 5.32 Å². The van der Waals surface area contributed by atoms with Crippen LogP contribution in [0.3, 0.4) is 0 Å². The highest BCUT2D eigenvalue weighted by Gasteiger charge is 2.21. The van der Waals surface area contributed by atoms with Crippen molar-refractivity contribution in [2.75, 3.05) is 6.54 Å². The van der Waals surface area contributed by atoms with Crippen LogP contribution in [0, 0.1) is 0 Å². The van der Waals surface area contributed by atoms with Gasteiger partial charge in [0.1, 0.15) is 12.1 Å². The number of alkyl halides is 2. The minimum Gasteiger partial charge on any atom is -0.480 e. The molecule has 0 saturated carbocycles. The third kappa shape index (κ3) is 6.35. The molecule has 0 aromatic heterocycles. The molecule has 2 atom stereocenters. The molecule has 0 saturated heterocycles. The zero-order valence-electron chi connectivity index (χ0n) is 8.62. The second kappa shape index (κ2) is 7.53. The van der Waals surface area contributed by atoms with Crippen LogP contribution in [-0.2, 0) is 4.79 Å². The number of carboxylic acid groups (broad SMARTS) is 1. The Balaban J connectivity index is 3.90. The van der Waals surface area contributed by atoms with Gasteiger partial charge >= 0.3 is 5.97 Å². The normalized spacial score (nSPS) is 15.3. The molecule has 0 aliphatic carbocycles. The monoisotopic (exact) mass is 225 g/mol. The molecule has 3 N–H and O–H groups in total. The van der Waals surface area contributed by atoms with Crippen LogP contribution in [0.25, 0.3) is 0 Å². The van der Waals surface area contributed by atoms with E-state index in [1.54, 1.807) is 0 Å². The zero-order valence-corrected chi connectivity index (χ0v) is 8.62. The molecule has 4 nitrogen and oxygen atoms in total. The summed E-state index contributed by atoms with van der Waals surface area (Å²) in [4.78, 5) is 10.7. The minimum absolute atomic E-state index is 0.377. The number of nitrogens with one attached hydrogen (secondary N) is 1. The van der Waals surface area contributed by atoms with Gasteiger partial charge in [0.25, 0.3) is 6.43 Å². The first-order valence-corrected chi connectivity index (χ1v) is 4.91. The summed E-state index contributed by atoms with van der Waals surface area (Å²) in [6, 6.07) is -0.863. The van der Waals surface area contributed by atoms with Crippen LogP contribution in [-0.4, -0.2) is 41.3 Å². The van der Waals surface area contributed by atoms with Crippen LogP contribution in [0.15, 0.2) is 0 Å². The Bertz CT molecular complexity index is 190. The largest absolute Gasteiger partial charge is 0.480 e. The molecule has 0 fully saturated rings. The van der Waals surface area contributed by atoms with E-state index in [-0.39, 0.29) is 0 Å². The second-order valence-corrected chi connectivity index (χ2v) is 3.34. The van der Waals surface area contributed by atoms with Crippen LogP contribution < -0.4 is 5.32 Å². The minimum atomic E-state index is -2.85. The summed E-state index contributed by atoms with van der Waals surface area (Å²) >= 11 is 0. The van der Waals surface area contributed by atoms with Gasteiger partial charge in [-0.1, -0.05) is 19.8 Å². The average molecular weight is 225 g/mol. The predicted octanol–water partition coefficient (Wildman–Crippen LogP) is 0.845. The van der Waals surface area contributed by atoms with E-state index in [1.807, 2.05) is 6.92 Å². The Morgan fingerprint density at radius 1 is 1.47 bits per heavy atom. The first kappa shape index (κ1) is 14.2. The Morgan fingerprint density at radius 3 is 2.47 bits per heavy atom. The van der Waals surface area contributed by atoms with Crippen LogP contribution in [0.4, 0.5) is 8.78 Å². The molecule has 0 aliphatic heterocycles. The summed E-state index contributed by atoms with van der Waals surface area (Å²) < 4.78 is 23.8. The first-order valence-electron chi connectivity index (χ1n) is 4.91.